The molecule has 6 nitrogen and oxygen atoms in total. The summed E-state index contributed by atoms with van der Waals surface area (Å²) in [5.41, 5.74) is 1.68. The van der Waals surface area contributed by atoms with Crippen LogP contribution in [-0.2, 0) is 14.3 Å². The van der Waals surface area contributed by atoms with E-state index in [1.54, 1.807) is 67.6 Å². The number of amides is 1. The van der Waals surface area contributed by atoms with E-state index in [1.165, 1.54) is 17.0 Å². The van der Waals surface area contributed by atoms with Gasteiger partial charge >= 0.3 is 5.97 Å². The molecule has 34 heavy (non-hydrogen) atoms. The van der Waals surface area contributed by atoms with Crippen LogP contribution in [0.25, 0.3) is 5.76 Å². The zero-order valence-electron chi connectivity index (χ0n) is 18.0. The van der Waals surface area contributed by atoms with Crippen LogP contribution in [0.3, 0.4) is 0 Å². The van der Waals surface area contributed by atoms with Gasteiger partial charge in [-0.25, -0.2) is 4.79 Å². The van der Waals surface area contributed by atoms with Gasteiger partial charge in [-0.05, 0) is 73.2 Å². The van der Waals surface area contributed by atoms with Crippen molar-refractivity contribution in [1.29, 1.82) is 0 Å². The SMILES string of the molecule is CCOC(=O)c1ccc(N2C(=O)C(=O)/C(=C(/O)c3ccc(Cl)cc3)[C@H]2c2ccc(Br)cc2)cc1. The van der Waals surface area contributed by atoms with E-state index < -0.39 is 23.7 Å². The molecule has 4 rings (SSSR count). The summed E-state index contributed by atoms with van der Waals surface area (Å²) in [7, 11) is 0. The van der Waals surface area contributed by atoms with Gasteiger partial charge in [0.1, 0.15) is 5.76 Å². The average Bonchev–Trinajstić information content (AvgIpc) is 3.10. The average molecular weight is 541 g/mol. The second kappa shape index (κ2) is 9.83. The summed E-state index contributed by atoms with van der Waals surface area (Å²) in [4.78, 5) is 39.7. The Kier molecular flexibility index (Phi) is 6.86. The van der Waals surface area contributed by atoms with E-state index in [1.807, 2.05) is 0 Å². The molecule has 172 valence electrons. The van der Waals surface area contributed by atoms with E-state index >= 15 is 0 Å². The van der Waals surface area contributed by atoms with E-state index in [0.717, 1.165) is 4.47 Å². The van der Waals surface area contributed by atoms with Gasteiger partial charge in [-0.3, -0.25) is 14.5 Å². The molecular formula is C26H19BrClNO5. The van der Waals surface area contributed by atoms with Crippen LogP contribution in [0.1, 0.15) is 34.5 Å². The Balaban J connectivity index is 1.85. The summed E-state index contributed by atoms with van der Waals surface area (Å²) in [6, 6.07) is 18.8. The van der Waals surface area contributed by atoms with Gasteiger partial charge in [-0.15, -0.1) is 0 Å². The van der Waals surface area contributed by atoms with Crippen LogP contribution in [0, 0.1) is 0 Å². The number of nitrogens with zero attached hydrogens (tertiary/aromatic N) is 1. The highest BCUT2D eigenvalue weighted by Gasteiger charge is 2.47. The van der Waals surface area contributed by atoms with Crippen LogP contribution in [0.15, 0.2) is 82.8 Å². The molecule has 1 aliphatic heterocycles. The molecule has 3 aromatic rings. The van der Waals surface area contributed by atoms with Crippen LogP contribution >= 0.6 is 27.5 Å². The number of benzene rings is 3. The number of ketones is 1. The molecule has 0 bridgehead atoms. The fourth-order valence-corrected chi connectivity index (χ4v) is 4.19. The van der Waals surface area contributed by atoms with Crippen molar-refractivity contribution in [2.75, 3.05) is 11.5 Å². The quantitative estimate of drug-likeness (QED) is 0.188. The van der Waals surface area contributed by atoms with Crippen LogP contribution in [-0.4, -0.2) is 29.4 Å². The highest BCUT2D eigenvalue weighted by molar-refractivity contribution is 9.10. The molecule has 0 aliphatic carbocycles. The number of Topliss-reactive ketones (excluding diaryl/α,β-unsaturated/α-hetero) is 1. The number of ether oxygens (including phenoxy) is 1. The Morgan fingerprint density at radius 1 is 0.971 bits per heavy atom. The number of esters is 1. The molecule has 1 heterocycles. The lowest BCUT2D eigenvalue weighted by Gasteiger charge is -2.25. The Hall–Kier alpha value is -3.42. The molecule has 1 amide bonds. The first-order chi connectivity index (χ1) is 16.3. The number of carbonyl (C=O) groups excluding carboxylic acids is 3. The fourth-order valence-electron chi connectivity index (χ4n) is 3.80. The Bertz CT molecular complexity index is 1280. The number of aliphatic hydroxyl groups excluding tert-OH is 1. The van der Waals surface area contributed by atoms with Crippen LogP contribution in [0.4, 0.5) is 5.69 Å². The van der Waals surface area contributed by atoms with E-state index in [4.69, 9.17) is 16.3 Å². The second-order valence-electron chi connectivity index (χ2n) is 7.49. The van der Waals surface area contributed by atoms with Crippen LogP contribution < -0.4 is 4.90 Å². The summed E-state index contributed by atoms with van der Waals surface area (Å²) < 4.78 is 5.83. The first-order valence-electron chi connectivity index (χ1n) is 10.4. The third kappa shape index (κ3) is 4.49. The molecule has 3 aromatic carbocycles. The smallest absolute Gasteiger partial charge is 0.338 e. The Morgan fingerprint density at radius 2 is 1.56 bits per heavy atom. The zero-order valence-corrected chi connectivity index (χ0v) is 20.3. The maximum atomic E-state index is 13.2. The summed E-state index contributed by atoms with van der Waals surface area (Å²) >= 11 is 9.36. The summed E-state index contributed by atoms with van der Waals surface area (Å²) in [6.07, 6.45) is 0. The van der Waals surface area contributed by atoms with Crippen molar-refractivity contribution in [3.05, 3.63) is 105 Å². The molecule has 1 fully saturated rings. The normalized spacial score (nSPS) is 17.1. The minimum atomic E-state index is -0.878. The molecular weight excluding hydrogens is 522 g/mol. The molecule has 0 aromatic heterocycles. The van der Waals surface area contributed by atoms with Gasteiger partial charge in [0.15, 0.2) is 0 Å². The Morgan fingerprint density at radius 3 is 2.15 bits per heavy atom. The maximum Gasteiger partial charge on any atom is 0.338 e. The van der Waals surface area contributed by atoms with Crippen molar-refractivity contribution in [3.8, 4) is 0 Å². The highest BCUT2D eigenvalue weighted by atomic mass is 79.9. The van der Waals surface area contributed by atoms with Crippen LogP contribution in [0.5, 0.6) is 0 Å². The third-order valence-corrected chi connectivity index (χ3v) is 6.19. The number of rotatable bonds is 5. The van der Waals surface area contributed by atoms with Crippen molar-refractivity contribution in [2.45, 2.75) is 13.0 Å². The maximum absolute atomic E-state index is 13.2. The van der Waals surface area contributed by atoms with Crippen molar-refractivity contribution in [3.63, 3.8) is 0 Å². The molecule has 1 saturated heterocycles. The predicted octanol–water partition coefficient (Wildman–Crippen LogP) is 5.91. The highest BCUT2D eigenvalue weighted by Crippen LogP contribution is 2.42. The van der Waals surface area contributed by atoms with E-state index in [9.17, 15) is 19.5 Å². The number of hydrogen-bond acceptors (Lipinski definition) is 5. The van der Waals surface area contributed by atoms with E-state index in [2.05, 4.69) is 15.9 Å². The summed E-state index contributed by atoms with van der Waals surface area (Å²) in [5.74, 6) is -2.38. The number of halogens is 2. The first kappa shape index (κ1) is 23.7. The van der Waals surface area contributed by atoms with Crippen molar-refractivity contribution >= 4 is 56.6 Å². The van der Waals surface area contributed by atoms with E-state index in [-0.39, 0.29) is 17.9 Å². The van der Waals surface area contributed by atoms with Gasteiger partial charge < -0.3 is 9.84 Å². The molecule has 0 spiro atoms. The minimum absolute atomic E-state index is 0.0379. The lowest BCUT2D eigenvalue weighted by Crippen LogP contribution is -2.29. The molecule has 1 atom stereocenters. The molecule has 1 aliphatic rings. The molecule has 1 N–H and O–H groups in total. The fraction of sp³-hybridized carbons (Fsp3) is 0.115. The van der Waals surface area contributed by atoms with Gasteiger partial charge in [0.05, 0.1) is 23.8 Å². The number of carbonyl (C=O) groups is 3. The first-order valence-corrected chi connectivity index (χ1v) is 11.6. The topological polar surface area (TPSA) is 83.9 Å². The van der Waals surface area contributed by atoms with Gasteiger partial charge in [-0.1, -0.05) is 39.7 Å². The molecule has 0 unspecified atom stereocenters. The largest absolute Gasteiger partial charge is 0.507 e. The second-order valence-corrected chi connectivity index (χ2v) is 8.85. The predicted molar refractivity (Wildman–Crippen MR) is 133 cm³/mol. The van der Waals surface area contributed by atoms with Crippen LogP contribution in [0.2, 0.25) is 5.02 Å². The third-order valence-electron chi connectivity index (χ3n) is 5.40. The van der Waals surface area contributed by atoms with Crippen molar-refractivity contribution in [1.82, 2.24) is 0 Å². The molecule has 0 saturated carbocycles. The molecule has 0 radical (unpaired) electrons. The van der Waals surface area contributed by atoms with Crippen molar-refractivity contribution in [2.24, 2.45) is 0 Å². The minimum Gasteiger partial charge on any atom is -0.507 e. The lowest BCUT2D eigenvalue weighted by atomic mass is 9.95. The Labute approximate surface area is 209 Å². The van der Waals surface area contributed by atoms with Crippen molar-refractivity contribution < 1.29 is 24.2 Å². The molecule has 8 heteroatoms. The van der Waals surface area contributed by atoms with Gasteiger partial charge in [0.2, 0.25) is 0 Å². The number of hydrogen-bond donors (Lipinski definition) is 1. The van der Waals surface area contributed by atoms with E-state index in [0.29, 0.717) is 27.4 Å². The monoisotopic (exact) mass is 539 g/mol. The lowest BCUT2D eigenvalue weighted by molar-refractivity contribution is -0.132. The zero-order chi connectivity index (χ0) is 24.4. The van der Waals surface area contributed by atoms with Gasteiger partial charge in [0.25, 0.3) is 11.7 Å². The standard InChI is InChI=1S/C26H19BrClNO5/c1-2-34-26(33)17-7-13-20(14-8-17)29-22(15-3-9-18(27)10-4-15)21(24(31)25(29)32)23(30)16-5-11-19(28)12-6-16/h3-14,22,30H,2H2,1H3/b23-21+/t22-/m1/s1. The number of aliphatic hydroxyl groups is 1. The van der Waals surface area contributed by atoms with Gasteiger partial charge in [-0.2, -0.15) is 0 Å². The number of anilines is 1. The summed E-state index contributed by atoms with van der Waals surface area (Å²) in [6.45, 7) is 1.95. The van der Waals surface area contributed by atoms with Gasteiger partial charge in [0, 0.05) is 20.7 Å². The summed E-state index contributed by atoms with van der Waals surface area (Å²) in [5, 5.41) is 11.6.